The van der Waals surface area contributed by atoms with Crippen LogP contribution in [0.15, 0.2) is 22.2 Å². The summed E-state index contributed by atoms with van der Waals surface area (Å²) in [5, 5.41) is 2.26. The van der Waals surface area contributed by atoms with E-state index in [2.05, 4.69) is 5.32 Å². The Kier molecular flexibility index (Phi) is 4.11. The van der Waals surface area contributed by atoms with Crippen LogP contribution in [0.2, 0.25) is 0 Å². The van der Waals surface area contributed by atoms with Gasteiger partial charge in [0.05, 0.1) is 0 Å². The predicted octanol–water partition coefficient (Wildman–Crippen LogP) is 4.17. The van der Waals surface area contributed by atoms with Crippen molar-refractivity contribution < 1.29 is 26.3 Å². The molecule has 0 aromatic rings. The van der Waals surface area contributed by atoms with Gasteiger partial charge >= 0.3 is 11.0 Å². The van der Waals surface area contributed by atoms with Gasteiger partial charge < -0.3 is 5.32 Å². The van der Waals surface area contributed by atoms with E-state index in [-0.39, 0.29) is 16.2 Å². The molecule has 0 spiro atoms. The number of hydrogen-bond donors (Lipinski definition) is 1. The van der Waals surface area contributed by atoms with Crippen molar-refractivity contribution in [1.29, 1.82) is 0 Å². The molecule has 1 rings (SSSR count). The Labute approximate surface area is 95.3 Å². The molecule has 0 aromatic heterocycles. The monoisotopic (exact) mass is 281 g/mol. The van der Waals surface area contributed by atoms with Gasteiger partial charge in [-0.2, -0.15) is 26.3 Å². The Morgan fingerprint density at radius 2 is 1.25 bits per heavy atom. The van der Waals surface area contributed by atoms with E-state index < -0.39 is 34.5 Å². The van der Waals surface area contributed by atoms with Crippen molar-refractivity contribution in [3.63, 3.8) is 0 Å². The summed E-state index contributed by atoms with van der Waals surface area (Å²) in [6, 6.07) is 0. The molecule has 1 heterocycles. The summed E-state index contributed by atoms with van der Waals surface area (Å²) in [6.07, 6.45) is 1.72. The first-order chi connectivity index (χ1) is 7.16. The Bertz CT molecular complexity index is 286. The van der Waals surface area contributed by atoms with Crippen LogP contribution < -0.4 is 5.32 Å². The quantitative estimate of drug-likeness (QED) is 0.763. The minimum atomic E-state index is -4.49. The van der Waals surface area contributed by atoms with E-state index in [1.807, 2.05) is 0 Å². The molecule has 0 fully saturated rings. The van der Waals surface area contributed by atoms with Crippen LogP contribution in [-0.2, 0) is 0 Å². The minimum Gasteiger partial charge on any atom is -0.366 e. The van der Waals surface area contributed by atoms with Gasteiger partial charge in [0.2, 0.25) is 0 Å². The van der Waals surface area contributed by atoms with Crippen LogP contribution in [0.4, 0.5) is 26.3 Å². The van der Waals surface area contributed by atoms with Crippen molar-refractivity contribution >= 4 is 23.5 Å². The summed E-state index contributed by atoms with van der Waals surface area (Å²) in [4.78, 5) is -0.386. The van der Waals surface area contributed by atoms with Gasteiger partial charge in [-0.1, -0.05) is 0 Å². The zero-order chi connectivity index (χ0) is 12.4. The lowest BCUT2D eigenvalue weighted by molar-refractivity contribution is -0.0328. The predicted molar refractivity (Wildman–Crippen MR) is 51.2 cm³/mol. The number of dihydropyridines is 1. The first-order valence-corrected chi connectivity index (χ1v) is 5.45. The Morgan fingerprint density at radius 3 is 1.56 bits per heavy atom. The highest BCUT2D eigenvalue weighted by Crippen LogP contribution is 2.44. The van der Waals surface area contributed by atoms with E-state index in [0.717, 1.165) is 12.4 Å². The first kappa shape index (κ1) is 13.6. The van der Waals surface area contributed by atoms with Crippen molar-refractivity contribution in [1.82, 2.24) is 5.32 Å². The van der Waals surface area contributed by atoms with E-state index in [1.165, 1.54) is 0 Å². The average molecular weight is 281 g/mol. The number of alkyl halides is 6. The second kappa shape index (κ2) is 4.82. The maximum Gasteiger partial charge on any atom is 0.446 e. The molecule has 0 unspecified atom stereocenters. The fourth-order valence-electron chi connectivity index (χ4n) is 0.930. The molecule has 0 amide bonds. The average Bonchev–Trinajstić information content (AvgIpc) is 1.96. The SMILES string of the molecule is FC(F)(F)SC1=CNC=C(SC(F)(F)F)C1. The highest BCUT2D eigenvalue weighted by atomic mass is 32.2. The third-order valence-electron chi connectivity index (χ3n) is 1.33. The van der Waals surface area contributed by atoms with E-state index in [0.29, 0.717) is 0 Å². The van der Waals surface area contributed by atoms with Gasteiger partial charge in [0, 0.05) is 28.6 Å². The van der Waals surface area contributed by atoms with Crippen LogP contribution >= 0.6 is 23.5 Å². The molecule has 0 aromatic carbocycles. The van der Waals surface area contributed by atoms with Crippen molar-refractivity contribution in [3.05, 3.63) is 22.2 Å². The summed E-state index contributed by atoms with van der Waals surface area (Å²) in [7, 11) is 0. The number of rotatable bonds is 2. The number of hydrogen-bond acceptors (Lipinski definition) is 3. The summed E-state index contributed by atoms with van der Waals surface area (Å²) in [5.74, 6) is 0. The van der Waals surface area contributed by atoms with Gasteiger partial charge in [0.1, 0.15) is 0 Å². The molecule has 16 heavy (non-hydrogen) atoms. The molecule has 9 heteroatoms. The second-order valence-electron chi connectivity index (χ2n) is 2.66. The molecular weight excluding hydrogens is 276 g/mol. The maximum absolute atomic E-state index is 12.0. The van der Waals surface area contributed by atoms with Crippen LogP contribution in [0.25, 0.3) is 0 Å². The highest BCUT2D eigenvalue weighted by molar-refractivity contribution is 8.05. The molecule has 0 saturated carbocycles. The largest absolute Gasteiger partial charge is 0.446 e. The maximum atomic E-state index is 12.0. The molecule has 0 radical (unpaired) electrons. The van der Waals surface area contributed by atoms with Crippen molar-refractivity contribution in [2.24, 2.45) is 0 Å². The lowest BCUT2D eigenvalue weighted by Gasteiger charge is -2.17. The first-order valence-electron chi connectivity index (χ1n) is 3.81. The minimum absolute atomic E-state index is 0.193. The van der Waals surface area contributed by atoms with E-state index in [1.54, 1.807) is 0 Å². The number of thioether (sulfide) groups is 2. The third-order valence-corrected chi connectivity index (χ3v) is 2.84. The smallest absolute Gasteiger partial charge is 0.366 e. The lowest BCUT2D eigenvalue weighted by atomic mass is 10.3. The summed E-state index contributed by atoms with van der Waals surface area (Å²) >= 11 is -0.831. The fourth-order valence-corrected chi connectivity index (χ4v) is 2.32. The van der Waals surface area contributed by atoms with Gasteiger partial charge in [0.15, 0.2) is 0 Å². The van der Waals surface area contributed by atoms with Gasteiger partial charge in [-0.3, -0.25) is 0 Å². The zero-order valence-corrected chi connectivity index (χ0v) is 9.08. The summed E-state index contributed by atoms with van der Waals surface area (Å²) in [6.45, 7) is 0. The van der Waals surface area contributed by atoms with Gasteiger partial charge in [0.25, 0.3) is 0 Å². The van der Waals surface area contributed by atoms with E-state index >= 15 is 0 Å². The summed E-state index contributed by atoms with van der Waals surface area (Å²) in [5.41, 5.74) is -8.97. The standard InChI is InChI=1S/C7H5F6NS2/c8-6(9,10)15-4-1-5(3-14-2-4)16-7(11,12)13/h2-3,14H,1H2. The molecular formula is C7H5F6NS2. The third kappa shape index (κ3) is 5.59. The van der Waals surface area contributed by atoms with Crippen LogP contribution in [0, 0.1) is 0 Å². The van der Waals surface area contributed by atoms with E-state index in [9.17, 15) is 26.3 Å². The molecule has 1 aliphatic rings. The van der Waals surface area contributed by atoms with Crippen LogP contribution in [0.1, 0.15) is 6.42 Å². The Morgan fingerprint density at radius 1 is 0.875 bits per heavy atom. The molecule has 0 aliphatic carbocycles. The Balaban J connectivity index is 2.54. The van der Waals surface area contributed by atoms with Crippen LogP contribution in [0.3, 0.4) is 0 Å². The van der Waals surface area contributed by atoms with Crippen molar-refractivity contribution in [2.75, 3.05) is 0 Å². The van der Waals surface area contributed by atoms with Gasteiger partial charge in [-0.25, -0.2) is 0 Å². The van der Waals surface area contributed by atoms with Gasteiger partial charge in [-0.05, 0) is 23.5 Å². The van der Waals surface area contributed by atoms with Crippen molar-refractivity contribution in [3.8, 4) is 0 Å². The molecule has 92 valence electrons. The summed E-state index contributed by atoms with van der Waals surface area (Å²) < 4.78 is 71.7. The zero-order valence-electron chi connectivity index (χ0n) is 7.45. The number of nitrogens with one attached hydrogen (secondary N) is 1. The van der Waals surface area contributed by atoms with E-state index in [4.69, 9.17) is 0 Å². The molecule has 1 nitrogen and oxygen atoms in total. The molecule has 1 N–H and O–H groups in total. The molecule has 0 atom stereocenters. The molecule has 0 saturated heterocycles. The van der Waals surface area contributed by atoms with Crippen LogP contribution in [0.5, 0.6) is 0 Å². The fraction of sp³-hybridized carbons (Fsp3) is 0.429. The highest BCUT2D eigenvalue weighted by Gasteiger charge is 2.34. The second-order valence-corrected chi connectivity index (χ2v) is 5.04. The molecule has 0 bridgehead atoms. The number of halogens is 6. The number of allylic oxidation sites excluding steroid dienone is 2. The molecule has 1 aliphatic heterocycles. The lowest BCUT2D eigenvalue weighted by Crippen LogP contribution is -2.10. The van der Waals surface area contributed by atoms with Crippen LogP contribution in [-0.4, -0.2) is 11.0 Å². The topological polar surface area (TPSA) is 12.0 Å². The Hall–Kier alpha value is -0.440. The normalized spacial score (nSPS) is 17.6. The van der Waals surface area contributed by atoms with Crippen molar-refractivity contribution in [2.45, 2.75) is 17.4 Å². The van der Waals surface area contributed by atoms with Gasteiger partial charge in [-0.15, -0.1) is 0 Å².